The molecular weight excluding hydrogens is 618 g/mol. The lowest BCUT2D eigenvalue weighted by molar-refractivity contribution is -0.142. The van der Waals surface area contributed by atoms with Gasteiger partial charge in [-0.05, 0) is 73.2 Å². The van der Waals surface area contributed by atoms with Crippen LogP contribution in [0.4, 0.5) is 0 Å². The molecule has 5 rings (SSSR count). The van der Waals surface area contributed by atoms with Crippen molar-refractivity contribution in [2.24, 2.45) is 5.41 Å². The Morgan fingerprint density at radius 2 is 1.85 bits per heavy atom. The third kappa shape index (κ3) is 6.48. The molecule has 1 aromatic heterocycles. The monoisotopic (exact) mass is 661 g/mol. The van der Waals surface area contributed by atoms with E-state index in [0.29, 0.717) is 18.7 Å². The number of carbonyl (C=O) groups excluding carboxylic acids is 2. The summed E-state index contributed by atoms with van der Waals surface area (Å²) in [4.78, 5) is 25.9. The molecule has 1 aliphatic heterocycles. The fraction of sp³-hybridized carbons (Fsp3) is 0.429. The Kier molecular flexibility index (Phi) is 9.74. The number of amides is 1. The Bertz CT molecular complexity index is 1920. The number of esters is 1. The highest BCUT2D eigenvalue weighted by Gasteiger charge is 2.41. The maximum atomic E-state index is 14.0. The lowest BCUT2D eigenvalue weighted by atomic mass is 9.69. The number of fused-ring (bicyclic) bond motifs is 2. The molecule has 1 aliphatic rings. The number of aromatic nitrogens is 3. The summed E-state index contributed by atoms with van der Waals surface area (Å²) in [5.74, 6) is -1.02. The normalized spacial score (nSPS) is 17.0. The summed E-state index contributed by atoms with van der Waals surface area (Å²) in [6, 6.07) is 16.7. The van der Waals surface area contributed by atoms with Crippen LogP contribution in [0.15, 0.2) is 59.5 Å². The average molecular weight is 662 g/mol. The molecule has 250 valence electrons. The Morgan fingerprint density at radius 3 is 2.55 bits per heavy atom. The van der Waals surface area contributed by atoms with E-state index in [1.54, 1.807) is 24.3 Å². The summed E-state index contributed by atoms with van der Waals surface area (Å²) in [5, 5.41) is 11.5. The van der Waals surface area contributed by atoms with E-state index in [-0.39, 0.29) is 36.5 Å². The number of para-hydroxylation sites is 1. The Balaban J connectivity index is 1.62. The van der Waals surface area contributed by atoms with Crippen molar-refractivity contribution in [3.05, 3.63) is 82.4 Å². The first-order chi connectivity index (χ1) is 22.3. The van der Waals surface area contributed by atoms with Gasteiger partial charge in [-0.3, -0.25) is 9.59 Å². The fourth-order valence-electron chi connectivity index (χ4n) is 6.33. The molecule has 4 aromatic rings. The standard InChI is InChI=1S/C35H43N5O6S/c1-8-26-21-39(47(43,44)30-13-11-10-12-29(30)46-26)20-25-18-24(15-14-22(25)3)32(35(5,6)34(42)36-19-31(41)45-7)27-16-17-28-33(23(27)4)37-38-40(28)9-2/h10-18,26,32H,8-9,19-21H2,1-7H3,(H,36,42)/t26-,32?/m1/s1. The number of sulfonamides is 1. The first-order valence-corrected chi connectivity index (χ1v) is 17.3. The molecule has 12 heteroatoms. The maximum absolute atomic E-state index is 14.0. The third-order valence-electron chi connectivity index (χ3n) is 9.20. The second-order valence-corrected chi connectivity index (χ2v) is 14.5. The van der Waals surface area contributed by atoms with Gasteiger partial charge in [-0.25, -0.2) is 13.1 Å². The SMILES string of the molecule is CC[C@@H]1CN(Cc2cc(C(c3ccc4c(nnn4CC)c3C)C(C)(C)C(=O)NCC(=O)OC)ccc2C)S(=O)(=O)c2ccccc2O1. The maximum Gasteiger partial charge on any atom is 0.325 e. The Labute approximate surface area is 276 Å². The molecule has 1 N–H and O–H groups in total. The van der Waals surface area contributed by atoms with Crippen molar-refractivity contribution in [2.45, 2.75) is 78.0 Å². The summed E-state index contributed by atoms with van der Waals surface area (Å²) in [6.45, 7) is 12.3. The number of rotatable bonds is 10. The van der Waals surface area contributed by atoms with Crippen molar-refractivity contribution in [1.29, 1.82) is 0 Å². The molecule has 0 aliphatic carbocycles. The van der Waals surface area contributed by atoms with Crippen LogP contribution in [0.3, 0.4) is 0 Å². The van der Waals surface area contributed by atoms with Crippen LogP contribution in [0.5, 0.6) is 5.75 Å². The quantitative estimate of drug-likeness (QED) is 0.238. The average Bonchev–Trinajstić information content (AvgIpc) is 3.44. The van der Waals surface area contributed by atoms with Gasteiger partial charge in [0.05, 0.1) is 24.6 Å². The summed E-state index contributed by atoms with van der Waals surface area (Å²) in [7, 11) is -2.60. The third-order valence-corrected chi connectivity index (χ3v) is 11.0. The van der Waals surface area contributed by atoms with Crippen LogP contribution in [0.25, 0.3) is 11.0 Å². The minimum Gasteiger partial charge on any atom is -0.488 e. The number of carbonyl (C=O) groups is 2. The topological polar surface area (TPSA) is 133 Å². The number of hydrogen-bond acceptors (Lipinski definition) is 8. The first kappa shape index (κ1) is 34.1. The summed E-state index contributed by atoms with van der Waals surface area (Å²) in [5.41, 5.74) is 4.89. The molecule has 2 atom stereocenters. The molecule has 2 heterocycles. The highest BCUT2D eigenvalue weighted by atomic mass is 32.2. The predicted octanol–water partition coefficient (Wildman–Crippen LogP) is 4.88. The van der Waals surface area contributed by atoms with Crippen LogP contribution >= 0.6 is 0 Å². The summed E-state index contributed by atoms with van der Waals surface area (Å²) >= 11 is 0. The van der Waals surface area contributed by atoms with Crippen molar-refractivity contribution in [2.75, 3.05) is 20.2 Å². The van der Waals surface area contributed by atoms with Crippen molar-refractivity contribution >= 4 is 32.9 Å². The van der Waals surface area contributed by atoms with E-state index in [4.69, 9.17) is 9.47 Å². The van der Waals surface area contributed by atoms with E-state index >= 15 is 0 Å². The molecule has 0 bridgehead atoms. The minimum atomic E-state index is -3.87. The van der Waals surface area contributed by atoms with Crippen molar-refractivity contribution in [1.82, 2.24) is 24.6 Å². The number of nitrogens with zero attached hydrogens (tertiary/aromatic N) is 4. The van der Waals surface area contributed by atoms with Crippen LogP contribution in [-0.2, 0) is 37.4 Å². The van der Waals surface area contributed by atoms with E-state index in [2.05, 4.69) is 15.6 Å². The van der Waals surface area contributed by atoms with Gasteiger partial charge in [0, 0.05) is 19.0 Å². The number of aryl methyl sites for hydroxylation is 3. The van der Waals surface area contributed by atoms with E-state index < -0.39 is 27.3 Å². The van der Waals surface area contributed by atoms with Gasteiger partial charge in [0.1, 0.15) is 28.8 Å². The van der Waals surface area contributed by atoms with Gasteiger partial charge >= 0.3 is 5.97 Å². The number of nitrogens with one attached hydrogen (secondary N) is 1. The van der Waals surface area contributed by atoms with Gasteiger partial charge in [0.15, 0.2) is 0 Å². The van der Waals surface area contributed by atoms with Gasteiger partial charge in [-0.1, -0.05) is 62.4 Å². The molecule has 11 nitrogen and oxygen atoms in total. The van der Waals surface area contributed by atoms with Gasteiger partial charge in [-0.15, -0.1) is 5.10 Å². The van der Waals surface area contributed by atoms with Crippen molar-refractivity contribution in [3.8, 4) is 5.75 Å². The fourth-order valence-corrected chi connectivity index (χ4v) is 7.90. The molecule has 0 saturated heterocycles. The zero-order valence-corrected chi connectivity index (χ0v) is 28.8. The van der Waals surface area contributed by atoms with E-state index in [9.17, 15) is 18.0 Å². The highest BCUT2D eigenvalue weighted by molar-refractivity contribution is 7.89. The smallest absolute Gasteiger partial charge is 0.325 e. The summed E-state index contributed by atoms with van der Waals surface area (Å²) in [6.07, 6.45) is 0.328. The first-order valence-electron chi connectivity index (χ1n) is 15.9. The molecule has 1 amide bonds. The van der Waals surface area contributed by atoms with E-state index in [1.165, 1.54) is 11.4 Å². The molecule has 0 fully saturated rings. The van der Waals surface area contributed by atoms with Gasteiger partial charge in [0.2, 0.25) is 15.9 Å². The summed E-state index contributed by atoms with van der Waals surface area (Å²) < 4.78 is 42.2. The lowest BCUT2D eigenvalue weighted by Crippen LogP contribution is -2.43. The number of hydrogen-bond donors (Lipinski definition) is 1. The number of benzene rings is 3. The second-order valence-electron chi connectivity index (χ2n) is 12.5. The zero-order valence-electron chi connectivity index (χ0n) is 28.0. The molecule has 3 aromatic carbocycles. The van der Waals surface area contributed by atoms with E-state index in [1.807, 2.05) is 76.6 Å². The molecular formula is C35H43N5O6S. The second kappa shape index (κ2) is 13.4. The van der Waals surface area contributed by atoms with Gasteiger partial charge in [-0.2, -0.15) is 4.31 Å². The van der Waals surface area contributed by atoms with E-state index in [0.717, 1.165) is 38.9 Å². The van der Waals surface area contributed by atoms with Crippen LogP contribution in [0.2, 0.25) is 0 Å². The molecule has 0 saturated carbocycles. The zero-order chi connectivity index (χ0) is 34.1. The Hall–Kier alpha value is -4.29. The van der Waals surface area contributed by atoms with Crippen molar-refractivity contribution in [3.63, 3.8) is 0 Å². The molecule has 0 spiro atoms. The van der Waals surface area contributed by atoms with Gasteiger partial charge < -0.3 is 14.8 Å². The predicted molar refractivity (Wildman–Crippen MR) is 179 cm³/mol. The van der Waals surface area contributed by atoms with Crippen LogP contribution in [-0.4, -0.2) is 65.9 Å². The largest absolute Gasteiger partial charge is 0.488 e. The van der Waals surface area contributed by atoms with Crippen LogP contribution < -0.4 is 10.1 Å². The molecule has 47 heavy (non-hydrogen) atoms. The Morgan fingerprint density at radius 1 is 1.11 bits per heavy atom. The number of methoxy groups -OCH3 is 1. The van der Waals surface area contributed by atoms with Crippen molar-refractivity contribution < 1.29 is 27.5 Å². The molecule has 1 unspecified atom stereocenters. The lowest BCUT2D eigenvalue weighted by Gasteiger charge is -2.35. The molecule has 0 radical (unpaired) electrons. The van der Waals surface area contributed by atoms with Gasteiger partial charge in [0.25, 0.3) is 0 Å². The minimum absolute atomic E-state index is 0.126. The van der Waals surface area contributed by atoms with Crippen LogP contribution in [0.1, 0.15) is 67.9 Å². The number of ether oxygens (including phenoxy) is 2. The highest BCUT2D eigenvalue weighted by Crippen LogP contribution is 2.44. The van der Waals surface area contributed by atoms with Crippen LogP contribution in [0, 0.1) is 19.3 Å².